The van der Waals surface area contributed by atoms with Crippen molar-refractivity contribution in [3.05, 3.63) is 38.2 Å². The predicted molar refractivity (Wildman–Crippen MR) is 104 cm³/mol. The number of aromatic amines is 1. The quantitative estimate of drug-likeness (QED) is 0.760. The number of hydrogen-bond acceptors (Lipinski definition) is 6. The van der Waals surface area contributed by atoms with Gasteiger partial charge in [0.05, 0.1) is 10.9 Å². The number of Topliss-reactive ketones (excluding diaryl/α,β-unsaturated/α-hetero) is 1. The summed E-state index contributed by atoms with van der Waals surface area (Å²) in [5.41, 5.74) is -0.984. The van der Waals surface area contributed by atoms with Gasteiger partial charge in [0, 0.05) is 23.6 Å². The van der Waals surface area contributed by atoms with Gasteiger partial charge in [0.15, 0.2) is 18.0 Å². The Morgan fingerprint density at radius 2 is 1.96 bits per heavy atom. The maximum Gasteiger partial charge on any atom is 0.339 e. The number of rotatable bonds is 6. The van der Waals surface area contributed by atoms with E-state index in [4.69, 9.17) is 4.74 Å². The number of ether oxygens (including phenoxy) is 1. The number of pyridine rings is 1. The molecule has 1 aliphatic carbocycles. The summed E-state index contributed by atoms with van der Waals surface area (Å²) in [4.78, 5) is 56.4. The van der Waals surface area contributed by atoms with Gasteiger partial charge in [-0.25, -0.2) is 14.6 Å². The molecule has 0 atom stereocenters. The van der Waals surface area contributed by atoms with Gasteiger partial charge in [0.2, 0.25) is 0 Å². The lowest BCUT2D eigenvalue weighted by molar-refractivity contribution is -0.129. The third-order valence-electron chi connectivity index (χ3n) is 4.80. The minimum absolute atomic E-state index is 0.0191. The van der Waals surface area contributed by atoms with Gasteiger partial charge in [-0.3, -0.25) is 19.1 Å². The number of esters is 1. The van der Waals surface area contributed by atoms with E-state index in [1.165, 1.54) is 4.57 Å². The van der Waals surface area contributed by atoms with E-state index in [1.54, 1.807) is 26.8 Å². The van der Waals surface area contributed by atoms with E-state index in [-0.39, 0.29) is 34.9 Å². The van der Waals surface area contributed by atoms with E-state index in [0.29, 0.717) is 18.7 Å². The molecule has 1 N–H and O–H groups in total. The number of carbonyl (C=O) groups excluding carboxylic acids is 2. The number of aromatic nitrogens is 3. The number of carbonyl (C=O) groups is 2. The van der Waals surface area contributed by atoms with Gasteiger partial charge >= 0.3 is 11.7 Å². The molecule has 0 saturated heterocycles. The lowest BCUT2D eigenvalue weighted by Gasteiger charge is -2.17. The fraction of sp³-hybridized carbons (Fsp3) is 0.550. The van der Waals surface area contributed by atoms with Crippen LogP contribution in [0.25, 0.3) is 11.0 Å². The Morgan fingerprint density at radius 1 is 1.29 bits per heavy atom. The number of fused-ring (bicyclic) bond motifs is 1. The van der Waals surface area contributed by atoms with Crippen LogP contribution in [0.3, 0.4) is 0 Å². The minimum atomic E-state index is -0.765. The molecule has 1 fully saturated rings. The summed E-state index contributed by atoms with van der Waals surface area (Å²) in [5, 5.41) is 0.0191. The summed E-state index contributed by atoms with van der Waals surface area (Å²) in [5.74, 6) is -0.783. The van der Waals surface area contributed by atoms with Crippen LogP contribution >= 0.6 is 0 Å². The first-order chi connectivity index (χ1) is 13.1. The van der Waals surface area contributed by atoms with Gasteiger partial charge in [-0.05, 0) is 25.3 Å². The predicted octanol–water partition coefficient (Wildman–Crippen LogP) is 2.14. The van der Waals surface area contributed by atoms with Crippen LogP contribution in [0, 0.1) is 5.41 Å². The molecule has 2 heterocycles. The van der Waals surface area contributed by atoms with Crippen molar-refractivity contribution in [1.82, 2.24) is 14.5 Å². The van der Waals surface area contributed by atoms with E-state index in [1.807, 2.05) is 6.92 Å². The fourth-order valence-corrected chi connectivity index (χ4v) is 2.90. The normalized spacial score (nSPS) is 14.3. The number of hydrogen-bond donors (Lipinski definition) is 1. The third kappa shape index (κ3) is 3.90. The largest absolute Gasteiger partial charge is 0.454 e. The van der Waals surface area contributed by atoms with E-state index >= 15 is 0 Å². The molecule has 0 spiro atoms. The van der Waals surface area contributed by atoms with Gasteiger partial charge in [-0.15, -0.1) is 0 Å². The molecule has 8 nitrogen and oxygen atoms in total. The second-order valence-corrected chi connectivity index (χ2v) is 8.23. The summed E-state index contributed by atoms with van der Waals surface area (Å²) >= 11 is 0. The molecule has 0 amide bonds. The molecule has 2 aromatic rings. The highest BCUT2D eigenvalue weighted by molar-refractivity contribution is 6.03. The van der Waals surface area contributed by atoms with Crippen LogP contribution in [0.4, 0.5) is 0 Å². The van der Waals surface area contributed by atoms with Crippen LogP contribution in [0.2, 0.25) is 0 Å². The molecule has 2 aromatic heterocycles. The Kier molecular flexibility index (Phi) is 5.23. The van der Waals surface area contributed by atoms with Gasteiger partial charge in [0.1, 0.15) is 0 Å². The second-order valence-electron chi connectivity index (χ2n) is 8.23. The van der Waals surface area contributed by atoms with E-state index < -0.39 is 22.6 Å². The number of nitrogens with zero attached hydrogens (tertiary/aromatic N) is 2. The Balaban J connectivity index is 2.11. The molecule has 3 rings (SSSR count). The van der Waals surface area contributed by atoms with Crippen LogP contribution in [-0.2, 0) is 16.1 Å². The van der Waals surface area contributed by atoms with Crippen molar-refractivity contribution in [2.45, 2.75) is 59.4 Å². The zero-order valence-electron chi connectivity index (χ0n) is 16.6. The van der Waals surface area contributed by atoms with Crippen molar-refractivity contribution in [1.29, 1.82) is 0 Å². The zero-order chi connectivity index (χ0) is 20.6. The van der Waals surface area contributed by atoms with Crippen LogP contribution in [0.15, 0.2) is 15.7 Å². The van der Waals surface area contributed by atoms with Gasteiger partial charge in [-0.2, -0.15) is 0 Å². The summed E-state index contributed by atoms with van der Waals surface area (Å²) in [6.07, 6.45) is 2.55. The summed E-state index contributed by atoms with van der Waals surface area (Å²) in [6.45, 7) is 7.11. The Morgan fingerprint density at radius 3 is 2.54 bits per heavy atom. The first-order valence-electron chi connectivity index (χ1n) is 9.51. The zero-order valence-corrected chi connectivity index (χ0v) is 16.6. The van der Waals surface area contributed by atoms with Crippen molar-refractivity contribution in [2.24, 2.45) is 5.41 Å². The Labute approximate surface area is 161 Å². The lowest BCUT2D eigenvalue weighted by Crippen LogP contribution is -2.32. The molecule has 0 aromatic carbocycles. The Bertz CT molecular complexity index is 1050. The molecule has 150 valence electrons. The smallest absolute Gasteiger partial charge is 0.339 e. The standard InChI is InChI=1S/C20H25N3O5/c1-5-8-23-16-15(17(25)22-19(23)27)12(9-13(21-16)11-6-7-11)18(26)28-10-14(24)20(2,3)4/h9,11H,5-8,10H2,1-4H3,(H,22,25,27). The van der Waals surface area contributed by atoms with Crippen LogP contribution in [0.1, 0.15) is 68.9 Å². The van der Waals surface area contributed by atoms with Crippen molar-refractivity contribution in [2.75, 3.05) is 6.61 Å². The fourth-order valence-electron chi connectivity index (χ4n) is 2.90. The number of H-pyrrole nitrogens is 1. The second kappa shape index (κ2) is 7.33. The van der Waals surface area contributed by atoms with E-state index in [2.05, 4.69) is 9.97 Å². The average molecular weight is 387 g/mol. The molecule has 0 bridgehead atoms. The van der Waals surface area contributed by atoms with Crippen molar-refractivity contribution < 1.29 is 14.3 Å². The highest BCUT2D eigenvalue weighted by atomic mass is 16.5. The van der Waals surface area contributed by atoms with E-state index in [9.17, 15) is 19.2 Å². The highest BCUT2D eigenvalue weighted by Crippen LogP contribution is 2.40. The minimum Gasteiger partial charge on any atom is -0.454 e. The van der Waals surface area contributed by atoms with Gasteiger partial charge in [0.25, 0.3) is 5.56 Å². The maximum absolute atomic E-state index is 12.7. The van der Waals surface area contributed by atoms with Gasteiger partial charge < -0.3 is 4.74 Å². The monoisotopic (exact) mass is 387 g/mol. The average Bonchev–Trinajstić information content (AvgIpc) is 3.46. The first-order valence-corrected chi connectivity index (χ1v) is 9.51. The maximum atomic E-state index is 12.7. The van der Waals surface area contributed by atoms with Crippen molar-refractivity contribution in [3.8, 4) is 0 Å². The first kappa shape index (κ1) is 20.0. The van der Waals surface area contributed by atoms with Crippen LogP contribution in [-0.4, -0.2) is 32.9 Å². The third-order valence-corrected chi connectivity index (χ3v) is 4.80. The molecule has 8 heteroatoms. The molecule has 1 aliphatic rings. The van der Waals surface area contributed by atoms with Crippen molar-refractivity contribution in [3.63, 3.8) is 0 Å². The van der Waals surface area contributed by atoms with Crippen LogP contribution in [0.5, 0.6) is 0 Å². The van der Waals surface area contributed by atoms with Gasteiger partial charge in [-0.1, -0.05) is 27.7 Å². The summed E-state index contributed by atoms with van der Waals surface area (Å²) in [6, 6.07) is 1.56. The lowest BCUT2D eigenvalue weighted by atomic mass is 9.91. The SMILES string of the molecule is CCCn1c(=O)[nH]c(=O)c2c(C(=O)OCC(=O)C(C)(C)C)cc(C3CC3)nc21. The molecular weight excluding hydrogens is 362 g/mol. The molecule has 0 radical (unpaired) electrons. The topological polar surface area (TPSA) is 111 Å². The molecular formula is C20H25N3O5. The highest BCUT2D eigenvalue weighted by Gasteiger charge is 2.30. The molecule has 28 heavy (non-hydrogen) atoms. The van der Waals surface area contributed by atoms with Crippen LogP contribution < -0.4 is 11.2 Å². The number of nitrogens with one attached hydrogen (secondary N) is 1. The van der Waals surface area contributed by atoms with E-state index in [0.717, 1.165) is 12.8 Å². The number of aryl methyl sites for hydroxylation is 1. The molecule has 0 unspecified atom stereocenters. The Hall–Kier alpha value is -2.77. The molecule has 0 aliphatic heterocycles. The summed E-state index contributed by atoms with van der Waals surface area (Å²) in [7, 11) is 0. The number of ketones is 1. The summed E-state index contributed by atoms with van der Waals surface area (Å²) < 4.78 is 6.58. The van der Waals surface area contributed by atoms with Crippen molar-refractivity contribution >= 4 is 22.8 Å². The molecule has 1 saturated carbocycles.